The molecule has 1 unspecified atom stereocenters. The van der Waals surface area contributed by atoms with Crippen molar-refractivity contribution in [3.63, 3.8) is 0 Å². The molecule has 0 spiro atoms. The Hall–Kier alpha value is -1.67. The van der Waals surface area contributed by atoms with Crippen molar-refractivity contribution in [2.45, 2.75) is 241 Å². The van der Waals surface area contributed by atoms with Crippen molar-refractivity contribution in [3.05, 3.63) is 11.6 Å². The Kier molecular flexibility index (Phi) is 17.2. The molecule has 8 fully saturated rings. The van der Waals surface area contributed by atoms with Crippen LogP contribution in [0.5, 0.6) is 0 Å². The van der Waals surface area contributed by atoms with Crippen LogP contribution in [0.2, 0.25) is 0 Å². The second kappa shape index (κ2) is 22.1. The van der Waals surface area contributed by atoms with Crippen LogP contribution in [0.3, 0.4) is 0 Å². The highest BCUT2D eigenvalue weighted by atomic mass is 16.8. The second-order valence-electron chi connectivity index (χ2n) is 26.3. The standard InChI is InChI=1S/C54H88O24/c1-22-31(59)34(62)40(68)46(72-22)77-42-36(64)33(61)26(19-56)74-47(42)78-43-38(66)37(65)41(44(69)70)76-48(43)75-30-11-12-51(4)27(52(30,5)20-57)10-13-54(7)28(51)9-8-23-24-16-49(2,17-29(58)50(24,3)14-15-53(23,54)6)21-71-45-39(67)35(63)32(60)25(18-55)73-45/h8,22,24-43,45-48,55-68H,9-21H2,1-7H3,(H,69,70)/t22-,24-,25+,26+,27?,28+,29+,30-,31-,32+,33-,34+,35-,36-,37-,38-,39+,40+,41-,42+,43+,45+,46-,47-,48+,49+,50+,51-,52+,53+,54+/m0/s1. The van der Waals surface area contributed by atoms with Gasteiger partial charge >= 0.3 is 5.97 Å². The van der Waals surface area contributed by atoms with E-state index in [2.05, 4.69) is 33.8 Å². The van der Waals surface area contributed by atoms with Crippen molar-refractivity contribution >= 4 is 5.97 Å². The predicted molar refractivity (Wildman–Crippen MR) is 265 cm³/mol. The third-order valence-corrected chi connectivity index (χ3v) is 21.8. The van der Waals surface area contributed by atoms with Gasteiger partial charge in [-0.05, 0) is 104 Å². The maximum absolute atomic E-state index is 12.6. The van der Waals surface area contributed by atoms with Gasteiger partial charge in [0.05, 0.1) is 44.7 Å². The van der Waals surface area contributed by atoms with Crippen LogP contribution in [-0.2, 0) is 42.7 Å². The minimum atomic E-state index is -2.12. The van der Waals surface area contributed by atoms with E-state index in [-0.39, 0.29) is 41.8 Å². The summed E-state index contributed by atoms with van der Waals surface area (Å²) in [6.45, 7) is 12.7. The van der Waals surface area contributed by atoms with Crippen LogP contribution >= 0.6 is 0 Å². The maximum atomic E-state index is 12.6. The zero-order valence-corrected chi connectivity index (χ0v) is 45.6. The molecular weight excluding hydrogens is 1030 g/mol. The number of carboxylic acids is 1. The fourth-order valence-electron chi connectivity index (χ4n) is 16.6. The number of rotatable bonds is 13. The number of aliphatic hydroxyl groups is 14. The molecule has 24 nitrogen and oxygen atoms in total. The van der Waals surface area contributed by atoms with E-state index in [0.717, 1.165) is 19.3 Å². The number of hydrogen-bond acceptors (Lipinski definition) is 23. The normalized spacial score (nSPS) is 56.4. The fourth-order valence-corrected chi connectivity index (χ4v) is 16.6. The van der Waals surface area contributed by atoms with Crippen LogP contribution in [0.25, 0.3) is 0 Å². The summed E-state index contributed by atoms with van der Waals surface area (Å²) in [5, 5.41) is 162. The molecule has 4 saturated heterocycles. The summed E-state index contributed by atoms with van der Waals surface area (Å²) in [5.74, 6) is -1.77. The zero-order valence-electron chi connectivity index (χ0n) is 45.6. The van der Waals surface area contributed by atoms with E-state index < -0.39 is 176 Å². The van der Waals surface area contributed by atoms with Gasteiger partial charge in [-0.2, -0.15) is 0 Å². The molecule has 9 aliphatic rings. The van der Waals surface area contributed by atoms with Gasteiger partial charge in [0.15, 0.2) is 31.3 Å². The van der Waals surface area contributed by atoms with E-state index in [1.807, 2.05) is 13.8 Å². The molecule has 0 radical (unpaired) electrons. The number of carboxylic acid groups (broad SMARTS) is 1. The van der Waals surface area contributed by atoms with Crippen molar-refractivity contribution in [3.8, 4) is 0 Å². The number of aliphatic hydroxyl groups excluding tert-OH is 14. The average molecular weight is 1120 g/mol. The summed E-state index contributed by atoms with van der Waals surface area (Å²) in [7, 11) is 0. The van der Waals surface area contributed by atoms with Crippen LogP contribution < -0.4 is 0 Å². The minimum Gasteiger partial charge on any atom is -0.479 e. The molecule has 4 saturated carbocycles. The predicted octanol–water partition coefficient (Wildman–Crippen LogP) is -2.50. The average Bonchev–Trinajstić information content (AvgIpc) is 2.58. The van der Waals surface area contributed by atoms with Gasteiger partial charge in [-0.25, -0.2) is 4.79 Å². The van der Waals surface area contributed by atoms with E-state index in [1.54, 1.807) is 0 Å². The second-order valence-corrected chi connectivity index (χ2v) is 26.3. The van der Waals surface area contributed by atoms with Crippen LogP contribution in [0.1, 0.15) is 106 Å². The van der Waals surface area contributed by atoms with Crippen molar-refractivity contribution in [2.24, 2.45) is 50.2 Å². The fraction of sp³-hybridized carbons (Fsp3) is 0.944. The van der Waals surface area contributed by atoms with E-state index >= 15 is 0 Å². The van der Waals surface area contributed by atoms with Gasteiger partial charge in [-0.3, -0.25) is 0 Å². The number of ether oxygens (including phenoxy) is 8. The van der Waals surface area contributed by atoms with E-state index in [0.29, 0.717) is 38.5 Å². The largest absolute Gasteiger partial charge is 0.479 e. The van der Waals surface area contributed by atoms with Gasteiger partial charge in [-0.1, -0.05) is 53.2 Å². The van der Waals surface area contributed by atoms with Gasteiger partial charge in [0, 0.05) is 10.8 Å². The SMILES string of the molecule is C[C@@H]1O[C@@H](O[C@H]2[C@H](O[C@H]3[C@H](O[C@H]4CC[C@@]5(C)C(CC[C@]6(C)[C@@H]5CC=C5[C@@H]7C[C@@](C)(CO[C@@H]8O[C@H](CO)[C@@H](O)[C@H](O)[C@H]8O)C[C@@H](O)[C@]7(C)CC[C@]56C)[C@@]4(C)CO)O[C@H](C(=O)O)[C@@H](O)[C@@H]3O)O[C@H](CO)[C@H](O)[C@@H]2O)[C@H](O)[C@H](O)[C@H]1O. The monoisotopic (exact) mass is 1120 g/mol. The molecule has 15 N–H and O–H groups in total. The van der Waals surface area contributed by atoms with E-state index in [9.17, 15) is 81.4 Å². The smallest absolute Gasteiger partial charge is 0.335 e. The molecule has 0 amide bonds. The van der Waals surface area contributed by atoms with Crippen molar-refractivity contribution in [1.82, 2.24) is 0 Å². The summed E-state index contributed by atoms with van der Waals surface area (Å²) in [6.07, 6.45) is -27.6. The molecule has 4 heterocycles. The highest BCUT2D eigenvalue weighted by Gasteiger charge is 2.70. The Morgan fingerprint density at radius 2 is 1.17 bits per heavy atom. The molecule has 0 bridgehead atoms. The molecule has 9 rings (SSSR count). The summed E-state index contributed by atoms with van der Waals surface area (Å²) < 4.78 is 48.1. The lowest BCUT2D eigenvalue weighted by atomic mass is 9.33. The number of aliphatic carboxylic acids is 1. The minimum absolute atomic E-state index is 0.0470. The number of fused-ring (bicyclic) bond motifs is 7. The molecular formula is C54H88O24. The lowest BCUT2D eigenvalue weighted by Gasteiger charge is -2.72. The molecule has 5 aliphatic carbocycles. The first-order chi connectivity index (χ1) is 36.5. The number of hydrogen-bond donors (Lipinski definition) is 15. The van der Waals surface area contributed by atoms with Crippen LogP contribution in [0.4, 0.5) is 0 Å². The van der Waals surface area contributed by atoms with E-state index in [1.165, 1.54) is 12.5 Å². The lowest BCUT2D eigenvalue weighted by Crippen LogP contribution is -2.68. The topological polar surface area (TPSA) is 394 Å². The first kappa shape index (κ1) is 60.9. The van der Waals surface area contributed by atoms with Crippen LogP contribution in [0.15, 0.2) is 11.6 Å². The van der Waals surface area contributed by atoms with Gasteiger partial charge in [0.1, 0.15) is 85.5 Å². The van der Waals surface area contributed by atoms with Gasteiger partial charge in [0.2, 0.25) is 0 Å². The number of carbonyl (C=O) groups is 1. The third-order valence-electron chi connectivity index (χ3n) is 21.8. The molecule has 0 aromatic heterocycles. The lowest BCUT2D eigenvalue weighted by molar-refractivity contribution is -0.396. The Morgan fingerprint density at radius 3 is 1.79 bits per heavy atom. The van der Waals surface area contributed by atoms with Crippen molar-refractivity contribution in [2.75, 3.05) is 26.4 Å². The molecule has 31 atom stereocenters. The van der Waals surface area contributed by atoms with Gasteiger partial charge in [0.25, 0.3) is 0 Å². The van der Waals surface area contributed by atoms with Crippen LogP contribution in [0, 0.1) is 50.2 Å². The quantitative estimate of drug-likeness (QED) is 0.0670. The summed E-state index contributed by atoms with van der Waals surface area (Å²) in [5.41, 5.74) is -1.77. The van der Waals surface area contributed by atoms with Gasteiger partial charge in [-0.15, -0.1) is 0 Å². The number of allylic oxidation sites excluding steroid dienone is 2. The molecule has 0 aromatic carbocycles. The Morgan fingerprint density at radius 1 is 0.590 bits per heavy atom. The van der Waals surface area contributed by atoms with Crippen molar-refractivity contribution < 1.29 is 119 Å². The van der Waals surface area contributed by atoms with E-state index in [4.69, 9.17) is 37.9 Å². The maximum Gasteiger partial charge on any atom is 0.335 e. The highest BCUT2D eigenvalue weighted by molar-refractivity contribution is 5.73. The Bertz CT molecular complexity index is 2160. The highest BCUT2D eigenvalue weighted by Crippen LogP contribution is 2.76. The molecule has 4 aliphatic heterocycles. The zero-order chi connectivity index (χ0) is 57.1. The first-order valence-electron chi connectivity index (χ1n) is 27.9. The van der Waals surface area contributed by atoms with Gasteiger partial charge < -0.3 is 114 Å². The molecule has 0 aromatic rings. The molecule has 24 heteroatoms. The third kappa shape index (κ3) is 9.76. The first-order valence-corrected chi connectivity index (χ1v) is 27.9. The summed E-state index contributed by atoms with van der Waals surface area (Å²) in [4.78, 5) is 12.6. The van der Waals surface area contributed by atoms with Crippen molar-refractivity contribution in [1.29, 1.82) is 0 Å². The molecule has 448 valence electrons. The summed E-state index contributed by atoms with van der Waals surface area (Å²) >= 11 is 0. The Balaban J connectivity index is 0.963. The van der Waals surface area contributed by atoms with Crippen LogP contribution in [-0.4, -0.2) is 244 Å². The Labute approximate surface area is 453 Å². The molecule has 78 heavy (non-hydrogen) atoms. The summed E-state index contributed by atoms with van der Waals surface area (Å²) in [6, 6.07) is 0.